The van der Waals surface area contributed by atoms with Gasteiger partial charge in [0.2, 0.25) is 0 Å². The van der Waals surface area contributed by atoms with Crippen LogP contribution in [0.5, 0.6) is 0 Å². The van der Waals surface area contributed by atoms with E-state index >= 15 is 0 Å². The van der Waals surface area contributed by atoms with Crippen LogP contribution in [0, 0.1) is 5.92 Å². The van der Waals surface area contributed by atoms with Crippen molar-refractivity contribution >= 4 is 16.0 Å². The number of benzene rings is 2. The average Bonchev–Trinajstić information content (AvgIpc) is 3.07. The highest BCUT2D eigenvalue weighted by atomic mass is 32.2. The monoisotopic (exact) mass is 400 g/mol. The summed E-state index contributed by atoms with van der Waals surface area (Å²) in [4.78, 5) is 2.41. The number of hydrogen-bond donors (Lipinski definition) is 2. The van der Waals surface area contributed by atoms with Crippen LogP contribution < -0.4 is 4.72 Å². The predicted octanol–water partition coefficient (Wildman–Crippen LogP) is 4.23. The molecule has 1 heterocycles. The number of para-hydroxylation sites is 1. The Bertz CT molecular complexity index is 911. The van der Waals surface area contributed by atoms with Crippen molar-refractivity contribution in [3.05, 3.63) is 65.2 Å². The molecule has 0 amide bonds. The Morgan fingerprint density at radius 3 is 2.50 bits per heavy atom. The molecule has 0 radical (unpaired) electrons. The van der Waals surface area contributed by atoms with Crippen molar-refractivity contribution in [3.63, 3.8) is 0 Å². The molecule has 1 unspecified atom stereocenters. The second-order valence-electron chi connectivity index (χ2n) is 8.17. The van der Waals surface area contributed by atoms with E-state index in [2.05, 4.69) is 33.9 Å². The zero-order valence-electron chi connectivity index (χ0n) is 16.0. The van der Waals surface area contributed by atoms with Gasteiger partial charge < -0.3 is 0 Å². The van der Waals surface area contributed by atoms with Gasteiger partial charge in [0.25, 0.3) is 0 Å². The maximum Gasteiger partial charge on any atom is 0.357 e. The van der Waals surface area contributed by atoms with Crippen LogP contribution in [0.2, 0.25) is 0 Å². The first-order valence-corrected chi connectivity index (χ1v) is 11.6. The minimum atomic E-state index is -4.30. The molecule has 1 aliphatic carbocycles. The topological polar surface area (TPSA) is 69.6 Å². The Balaban J connectivity index is 1.55. The van der Waals surface area contributed by atoms with Crippen LogP contribution in [-0.2, 0) is 23.3 Å². The Hall–Kier alpha value is -1.89. The van der Waals surface area contributed by atoms with Gasteiger partial charge >= 0.3 is 10.3 Å². The molecule has 28 heavy (non-hydrogen) atoms. The zero-order valence-corrected chi connectivity index (χ0v) is 16.9. The molecule has 4 rings (SSSR count). The molecule has 2 fully saturated rings. The molecular formula is C22H28N2O3S. The maximum atomic E-state index is 11.6. The first-order chi connectivity index (χ1) is 13.5. The third-order valence-electron chi connectivity index (χ3n) is 6.11. The molecular weight excluding hydrogens is 372 g/mol. The summed E-state index contributed by atoms with van der Waals surface area (Å²) in [6.45, 7) is 2.78. The molecule has 2 aliphatic rings. The van der Waals surface area contributed by atoms with Gasteiger partial charge in [0.05, 0.1) is 5.69 Å². The third-order valence-corrected chi connectivity index (χ3v) is 6.57. The fraction of sp³-hybridized carbons (Fsp3) is 0.455. The minimum absolute atomic E-state index is 0.259. The van der Waals surface area contributed by atoms with Crippen molar-refractivity contribution in [2.75, 3.05) is 17.8 Å². The van der Waals surface area contributed by atoms with Crippen LogP contribution in [-0.4, -0.2) is 31.0 Å². The lowest BCUT2D eigenvalue weighted by molar-refractivity contribution is 0.314. The normalized spacial score (nSPS) is 20.8. The number of rotatable bonds is 7. The summed E-state index contributed by atoms with van der Waals surface area (Å²) in [5.74, 6) is 0.879. The summed E-state index contributed by atoms with van der Waals surface area (Å²) in [6.07, 6.45) is 5.50. The average molecular weight is 401 g/mol. The van der Waals surface area contributed by atoms with Gasteiger partial charge in [-0.2, -0.15) is 8.42 Å². The van der Waals surface area contributed by atoms with Gasteiger partial charge in [0.1, 0.15) is 0 Å². The fourth-order valence-corrected chi connectivity index (χ4v) is 4.97. The van der Waals surface area contributed by atoms with Crippen LogP contribution in [0.1, 0.15) is 48.3 Å². The van der Waals surface area contributed by atoms with Gasteiger partial charge in [-0.25, -0.2) is 0 Å². The molecule has 0 spiro atoms. The van der Waals surface area contributed by atoms with Gasteiger partial charge in [0.15, 0.2) is 0 Å². The van der Waals surface area contributed by atoms with E-state index in [1.165, 1.54) is 24.8 Å². The molecule has 2 aromatic rings. The van der Waals surface area contributed by atoms with Crippen molar-refractivity contribution in [2.45, 2.75) is 44.6 Å². The van der Waals surface area contributed by atoms with Crippen LogP contribution >= 0.6 is 0 Å². The van der Waals surface area contributed by atoms with E-state index in [0.717, 1.165) is 43.6 Å². The van der Waals surface area contributed by atoms with E-state index in [0.29, 0.717) is 11.6 Å². The largest absolute Gasteiger partial charge is 0.357 e. The second kappa shape index (κ2) is 8.23. The molecule has 2 N–H and O–H groups in total. The summed E-state index contributed by atoms with van der Waals surface area (Å²) in [5, 5.41) is 0. The Morgan fingerprint density at radius 1 is 1.04 bits per heavy atom. The third kappa shape index (κ3) is 4.74. The van der Waals surface area contributed by atoms with Gasteiger partial charge in [-0.05, 0) is 47.9 Å². The lowest BCUT2D eigenvalue weighted by Crippen LogP contribution is -2.21. The van der Waals surface area contributed by atoms with E-state index in [4.69, 9.17) is 0 Å². The molecule has 1 saturated heterocycles. The van der Waals surface area contributed by atoms with Crippen molar-refractivity contribution in [2.24, 2.45) is 5.92 Å². The van der Waals surface area contributed by atoms with E-state index in [-0.39, 0.29) is 5.92 Å². The lowest BCUT2D eigenvalue weighted by atomic mass is 9.80. The summed E-state index contributed by atoms with van der Waals surface area (Å²) in [5.41, 5.74) is 3.90. The van der Waals surface area contributed by atoms with Gasteiger partial charge in [0, 0.05) is 13.1 Å². The van der Waals surface area contributed by atoms with Crippen LogP contribution in [0.25, 0.3) is 0 Å². The first kappa shape index (κ1) is 19.4. The van der Waals surface area contributed by atoms with Gasteiger partial charge in [-0.1, -0.05) is 67.8 Å². The molecule has 1 aliphatic heterocycles. The SMILES string of the molecule is O=S(=O)(O)Nc1c(CC2CCC2)cccc1C1CCN(Cc2ccccc2)C1. The molecule has 2 aromatic carbocycles. The highest BCUT2D eigenvalue weighted by molar-refractivity contribution is 7.87. The molecule has 1 atom stereocenters. The molecule has 1 saturated carbocycles. The maximum absolute atomic E-state index is 11.6. The minimum Gasteiger partial charge on any atom is -0.298 e. The van der Waals surface area contributed by atoms with E-state index in [1.807, 2.05) is 24.3 Å². The number of hydrogen-bond acceptors (Lipinski definition) is 3. The van der Waals surface area contributed by atoms with E-state index in [1.54, 1.807) is 0 Å². The molecule has 0 bridgehead atoms. The Labute approximate surface area is 167 Å². The Kier molecular flexibility index (Phi) is 5.71. The van der Waals surface area contributed by atoms with Crippen molar-refractivity contribution in [1.29, 1.82) is 0 Å². The molecule has 0 aromatic heterocycles. The quantitative estimate of drug-likeness (QED) is 0.682. The van der Waals surface area contributed by atoms with Crippen LogP contribution in [0.15, 0.2) is 48.5 Å². The molecule has 6 heteroatoms. The van der Waals surface area contributed by atoms with Crippen molar-refractivity contribution in [3.8, 4) is 0 Å². The predicted molar refractivity (Wildman–Crippen MR) is 112 cm³/mol. The smallest absolute Gasteiger partial charge is 0.298 e. The number of likely N-dealkylation sites (tertiary alicyclic amines) is 1. The van der Waals surface area contributed by atoms with Crippen molar-refractivity contribution < 1.29 is 13.0 Å². The van der Waals surface area contributed by atoms with E-state index in [9.17, 15) is 13.0 Å². The standard InChI is InChI=1S/C22H28N2O3S/c25-28(26,27)23-22-19(14-17-8-4-9-17)10-5-11-21(22)20-12-13-24(16-20)15-18-6-2-1-3-7-18/h1-3,5-7,10-11,17,20,23H,4,8-9,12-16H2,(H,25,26,27). The van der Waals surface area contributed by atoms with Gasteiger partial charge in [-0.3, -0.25) is 14.2 Å². The van der Waals surface area contributed by atoms with E-state index < -0.39 is 10.3 Å². The molecule has 150 valence electrons. The number of anilines is 1. The Morgan fingerprint density at radius 2 is 1.82 bits per heavy atom. The van der Waals surface area contributed by atoms with Crippen LogP contribution in [0.4, 0.5) is 5.69 Å². The summed E-state index contributed by atoms with van der Waals surface area (Å²) in [7, 11) is -4.30. The zero-order chi connectivity index (χ0) is 19.6. The molecule has 5 nitrogen and oxygen atoms in total. The second-order valence-corrected chi connectivity index (χ2v) is 9.32. The number of nitrogens with one attached hydrogen (secondary N) is 1. The summed E-state index contributed by atoms with van der Waals surface area (Å²) < 4.78 is 35.1. The lowest BCUT2D eigenvalue weighted by Gasteiger charge is -2.27. The summed E-state index contributed by atoms with van der Waals surface area (Å²) >= 11 is 0. The highest BCUT2D eigenvalue weighted by Gasteiger charge is 2.28. The first-order valence-electron chi connectivity index (χ1n) is 10.1. The highest BCUT2D eigenvalue weighted by Crippen LogP contribution is 2.38. The van der Waals surface area contributed by atoms with Crippen molar-refractivity contribution in [1.82, 2.24) is 4.90 Å². The van der Waals surface area contributed by atoms with Crippen LogP contribution in [0.3, 0.4) is 0 Å². The van der Waals surface area contributed by atoms with Gasteiger partial charge in [-0.15, -0.1) is 0 Å². The fourth-order valence-electron chi connectivity index (χ4n) is 4.46. The summed E-state index contributed by atoms with van der Waals surface area (Å²) in [6, 6.07) is 16.4. The number of nitrogens with zero attached hydrogens (tertiary/aromatic N) is 1.